The first-order valence-corrected chi connectivity index (χ1v) is 7.02. The molecule has 3 rings (SSSR count). The smallest absolute Gasteiger partial charge is 0.237 e. The standard InChI is InChI=1S/C16H19NO2/c1-10-3-6-12(7-4-10)17-15(18)13-8-5-11(2)9-14(13)16(17)19/h3-4,6-7,11,13-14H,5,8-9H2,1-2H3/t11-,13-,14+/m0/s1. The van der Waals surface area contributed by atoms with Gasteiger partial charge in [0.25, 0.3) is 0 Å². The maximum atomic E-state index is 12.5. The normalized spacial score (nSPS) is 30.6. The fourth-order valence-corrected chi connectivity index (χ4v) is 3.34. The molecular formula is C16H19NO2. The quantitative estimate of drug-likeness (QED) is 0.725. The largest absolute Gasteiger partial charge is 0.274 e. The zero-order valence-corrected chi connectivity index (χ0v) is 11.4. The van der Waals surface area contributed by atoms with Crippen LogP contribution in [0.1, 0.15) is 31.7 Å². The third-order valence-electron chi connectivity index (χ3n) is 4.48. The number of imide groups is 1. The lowest BCUT2D eigenvalue weighted by Gasteiger charge is -2.25. The number of nitrogens with zero attached hydrogens (tertiary/aromatic N) is 1. The molecule has 0 radical (unpaired) electrons. The van der Waals surface area contributed by atoms with E-state index in [9.17, 15) is 9.59 Å². The van der Waals surface area contributed by atoms with Gasteiger partial charge in [-0.05, 0) is 44.2 Å². The molecular weight excluding hydrogens is 238 g/mol. The van der Waals surface area contributed by atoms with Gasteiger partial charge in [-0.1, -0.05) is 24.6 Å². The number of fused-ring (bicyclic) bond motifs is 1. The second kappa shape index (κ2) is 4.48. The summed E-state index contributed by atoms with van der Waals surface area (Å²) < 4.78 is 0. The summed E-state index contributed by atoms with van der Waals surface area (Å²) in [5.74, 6) is 0.398. The molecule has 2 aliphatic rings. The Kier molecular flexibility index (Phi) is 2.92. The monoisotopic (exact) mass is 257 g/mol. The zero-order chi connectivity index (χ0) is 13.6. The molecule has 1 saturated heterocycles. The Hall–Kier alpha value is -1.64. The minimum atomic E-state index is -0.0856. The van der Waals surface area contributed by atoms with Crippen LogP contribution < -0.4 is 4.90 Å². The lowest BCUT2D eigenvalue weighted by molar-refractivity contribution is -0.122. The number of amides is 2. The molecule has 2 fully saturated rings. The van der Waals surface area contributed by atoms with Gasteiger partial charge in [-0.15, -0.1) is 0 Å². The highest BCUT2D eigenvalue weighted by molar-refractivity contribution is 6.22. The van der Waals surface area contributed by atoms with Gasteiger partial charge in [0.2, 0.25) is 11.8 Å². The molecule has 3 atom stereocenters. The van der Waals surface area contributed by atoms with Crippen LogP contribution in [0.15, 0.2) is 24.3 Å². The number of rotatable bonds is 1. The van der Waals surface area contributed by atoms with Crippen molar-refractivity contribution in [1.82, 2.24) is 0 Å². The van der Waals surface area contributed by atoms with Crippen LogP contribution in [0.5, 0.6) is 0 Å². The van der Waals surface area contributed by atoms with Crippen molar-refractivity contribution >= 4 is 17.5 Å². The van der Waals surface area contributed by atoms with Gasteiger partial charge in [0.15, 0.2) is 0 Å². The number of hydrogen-bond acceptors (Lipinski definition) is 2. The van der Waals surface area contributed by atoms with E-state index >= 15 is 0 Å². The van der Waals surface area contributed by atoms with Gasteiger partial charge in [0, 0.05) is 0 Å². The van der Waals surface area contributed by atoms with Crippen LogP contribution in [0.25, 0.3) is 0 Å². The predicted molar refractivity (Wildman–Crippen MR) is 73.7 cm³/mol. The summed E-state index contributed by atoms with van der Waals surface area (Å²) in [6.45, 7) is 4.17. The molecule has 3 nitrogen and oxygen atoms in total. The molecule has 1 aliphatic heterocycles. The summed E-state index contributed by atoms with van der Waals surface area (Å²) in [6, 6.07) is 7.62. The summed E-state index contributed by atoms with van der Waals surface area (Å²) in [5, 5.41) is 0. The van der Waals surface area contributed by atoms with Crippen molar-refractivity contribution in [2.45, 2.75) is 33.1 Å². The number of carbonyl (C=O) groups is 2. The Balaban J connectivity index is 1.93. The first kappa shape index (κ1) is 12.4. The lowest BCUT2D eigenvalue weighted by Crippen LogP contribution is -2.30. The summed E-state index contributed by atoms with van der Waals surface area (Å²) >= 11 is 0. The highest BCUT2D eigenvalue weighted by Crippen LogP contribution is 2.42. The Bertz CT molecular complexity index is 520. The van der Waals surface area contributed by atoms with Gasteiger partial charge in [-0.3, -0.25) is 14.5 Å². The molecule has 1 saturated carbocycles. The molecule has 2 amide bonds. The highest BCUT2D eigenvalue weighted by Gasteiger charge is 2.49. The van der Waals surface area contributed by atoms with Crippen LogP contribution in [0, 0.1) is 24.7 Å². The Morgan fingerprint density at radius 3 is 2.32 bits per heavy atom. The first-order chi connectivity index (χ1) is 9.08. The van der Waals surface area contributed by atoms with E-state index in [4.69, 9.17) is 0 Å². The van der Waals surface area contributed by atoms with E-state index in [1.807, 2.05) is 31.2 Å². The molecule has 0 unspecified atom stereocenters. The molecule has 0 spiro atoms. The molecule has 1 aliphatic carbocycles. The van der Waals surface area contributed by atoms with Crippen LogP contribution >= 0.6 is 0 Å². The summed E-state index contributed by atoms with van der Waals surface area (Å²) in [7, 11) is 0. The summed E-state index contributed by atoms with van der Waals surface area (Å²) in [4.78, 5) is 26.3. The lowest BCUT2D eigenvalue weighted by atomic mass is 9.76. The number of hydrogen-bond donors (Lipinski definition) is 0. The molecule has 1 heterocycles. The second-order valence-electron chi connectivity index (χ2n) is 5.98. The average molecular weight is 257 g/mol. The topological polar surface area (TPSA) is 37.4 Å². The van der Waals surface area contributed by atoms with Gasteiger partial charge in [0.05, 0.1) is 17.5 Å². The Morgan fingerprint density at radius 2 is 1.63 bits per heavy atom. The van der Waals surface area contributed by atoms with E-state index in [1.54, 1.807) is 0 Å². The van der Waals surface area contributed by atoms with Gasteiger partial charge in [-0.25, -0.2) is 0 Å². The van der Waals surface area contributed by atoms with Crippen molar-refractivity contribution in [2.24, 2.45) is 17.8 Å². The molecule has 1 aromatic carbocycles. The minimum absolute atomic E-state index is 0.00500. The second-order valence-corrected chi connectivity index (χ2v) is 5.98. The summed E-state index contributed by atoms with van der Waals surface area (Å²) in [5.41, 5.74) is 1.86. The maximum Gasteiger partial charge on any atom is 0.237 e. The number of carbonyl (C=O) groups excluding carboxylic acids is 2. The van der Waals surface area contributed by atoms with E-state index in [0.717, 1.165) is 30.5 Å². The van der Waals surface area contributed by atoms with Crippen molar-refractivity contribution < 1.29 is 9.59 Å². The molecule has 100 valence electrons. The third-order valence-corrected chi connectivity index (χ3v) is 4.48. The van der Waals surface area contributed by atoms with Crippen molar-refractivity contribution in [1.29, 1.82) is 0 Å². The molecule has 3 heteroatoms. The molecule has 0 aromatic heterocycles. The molecule has 0 bridgehead atoms. The van der Waals surface area contributed by atoms with Crippen molar-refractivity contribution in [3.05, 3.63) is 29.8 Å². The van der Waals surface area contributed by atoms with Gasteiger partial charge in [0.1, 0.15) is 0 Å². The highest BCUT2D eigenvalue weighted by atomic mass is 16.2. The Labute approximate surface area is 113 Å². The van der Waals surface area contributed by atoms with E-state index in [2.05, 4.69) is 6.92 Å². The maximum absolute atomic E-state index is 12.5. The number of aryl methyl sites for hydroxylation is 1. The molecule has 1 aromatic rings. The fourth-order valence-electron chi connectivity index (χ4n) is 3.34. The minimum Gasteiger partial charge on any atom is -0.274 e. The van der Waals surface area contributed by atoms with E-state index < -0.39 is 0 Å². The third kappa shape index (κ3) is 1.97. The van der Waals surface area contributed by atoms with Gasteiger partial charge < -0.3 is 0 Å². The van der Waals surface area contributed by atoms with Gasteiger partial charge >= 0.3 is 0 Å². The number of benzene rings is 1. The molecule has 19 heavy (non-hydrogen) atoms. The van der Waals surface area contributed by atoms with E-state index in [-0.39, 0.29) is 23.7 Å². The van der Waals surface area contributed by atoms with Gasteiger partial charge in [-0.2, -0.15) is 0 Å². The van der Waals surface area contributed by atoms with Crippen molar-refractivity contribution in [2.75, 3.05) is 4.90 Å². The molecule has 0 N–H and O–H groups in total. The zero-order valence-electron chi connectivity index (χ0n) is 11.4. The van der Waals surface area contributed by atoms with Crippen LogP contribution in [-0.4, -0.2) is 11.8 Å². The SMILES string of the molecule is Cc1ccc(N2C(=O)[C@H]3CC[C@H](C)C[C@H]3C2=O)cc1. The van der Waals surface area contributed by atoms with Crippen molar-refractivity contribution in [3.63, 3.8) is 0 Å². The van der Waals surface area contributed by atoms with Crippen LogP contribution in [0.3, 0.4) is 0 Å². The Morgan fingerprint density at radius 1 is 1.00 bits per heavy atom. The predicted octanol–water partition coefficient (Wildman–Crippen LogP) is 2.92. The summed E-state index contributed by atoms with van der Waals surface area (Å²) in [6.07, 6.45) is 2.78. The van der Waals surface area contributed by atoms with Crippen LogP contribution in [0.2, 0.25) is 0 Å². The van der Waals surface area contributed by atoms with E-state index in [1.165, 1.54) is 4.90 Å². The average Bonchev–Trinajstić information content (AvgIpc) is 2.63. The van der Waals surface area contributed by atoms with Crippen LogP contribution in [0.4, 0.5) is 5.69 Å². The van der Waals surface area contributed by atoms with Crippen LogP contribution in [-0.2, 0) is 9.59 Å². The number of anilines is 1. The first-order valence-electron chi connectivity index (χ1n) is 7.02. The van der Waals surface area contributed by atoms with E-state index in [0.29, 0.717) is 5.92 Å². The van der Waals surface area contributed by atoms with Crippen molar-refractivity contribution in [3.8, 4) is 0 Å². The fraction of sp³-hybridized carbons (Fsp3) is 0.500.